The predicted molar refractivity (Wildman–Crippen MR) is 50.5 cm³/mol. The second kappa shape index (κ2) is 7.76. The van der Waals surface area contributed by atoms with Gasteiger partial charge in [-0.3, -0.25) is 0 Å². The number of rotatable bonds is 1. The van der Waals surface area contributed by atoms with Crippen LogP contribution in [0.3, 0.4) is 0 Å². The van der Waals surface area contributed by atoms with Crippen LogP contribution in [0.15, 0.2) is 12.2 Å². The van der Waals surface area contributed by atoms with Gasteiger partial charge in [-0.2, -0.15) is 0 Å². The van der Waals surface area contributed by atoms with Crippen LogP contribution < -0.4 is 5.32 Å². The molecule has 1 fully saturated rings. The Morgan fingerprint density at radius 1 is 1.46 bits per heavy atom. The molecule has 0 bridgehead atoms. The highest BCUT2D eigenvalue weighted by Crippen LogP contribution is 1.87. The minimum absolute atomic E-state index is 0.347. The maximum atomic E-state index is 10.2. The summed E-state index contributed by atoms with van der Waals surface area (Å²) in [6, 6.07) is 0. The molecule has 0 radical (unpaired) electrons. The van der Waals surface area contributed by atoms with Crippen LogP contribution in [0.5, 0.6) is 0 Å². The zero-order valence-corrected chi connectivity index (χ0v) is 8.26. The van der Waals surface area contributed by atoms with Gasteiger partial charge in [-0.15, -0.1) is 0 Å². The van der Waals surface area contributed by atoms with Gasteiger partial charge in [0.15, 0.2) is 0 Å². The maximum Gasteiger partial charge on any atom is 0.332 e. The van der Waals surface area contributed by atoms with Crippen LogP contribution in [0.2, 0.25) is 0 Å². The van der Waals surface area contributed by atoms with Gasteiger partial charge in [0.25, 0.3) is 0 Å². The van der Waals surface area contributed by atoms with Crippen LogP contribution in [0.1, 0.15) is 6.92 Å². The molecule has 1 N–H and O–H groups in total. The molecular weight excluding hydrogens is 170 g/mol. The lowest BCUT2D eigenvalue weighted by molar-refractivity contribution is -0.136. The quantitative estimate of drug-likeness (QED) is 0.475. The maximum absolute atomic E-state index is 10.2. The van der Waals surface area contributed by atoms with Crippen molar-refractivity contribution in [2.75, 3.05) is 33.4 Å². The molecule has 0 atom stereocenters. The predicted octanol–water partition coefficient (Wildman–Crippen LogP) is 0.342. The first-order chi connectivity index (χ1) is 6.18. The van der Waals surface area contributed by atoms with Crippen molar-refractivity contribution in [3.8, 4) is 0 Å². The van der Waals surface area contributed by atoms with E-state index in [1.165, 1.54) is 7.11 Å². The molecule has 1 rings (SSSR count). The molecule has 0 aromatic heterocycles. The zero-order chi connectivity index (χ0) is 10.1. The summed E-state index contributed by atoms with van der Waals surface area (Å²) >= 11 is 0. The van der Waals surface area contributed by atoms with Gasteiger partial charge in [0.05, 0.1) is 20.3 Å². The standard InChI is InChI=1S/C5H8O2.C4H9NO/c1-4(2)5(6)7-3;1-3-6-4-2-5-1/h1H2,2-3H3;5H,1-4H2. The van der Waals surface area contributed by atoms with Crippen LogP contribution in [0.4, 0.5) is 0 Å². The van der Waals surface area contributed by atoms with E-state index in [-0.39, 0.29) is 5.97 Å². The molecule has 0 amide bonds. The van der Waals surface area contributed by atoms with E-state index in [2.05, 4.69) is 16.6 Å². The topological polar surface area (TPSA) is 47.6 Å². The number of hydrogen-bond donors (Lipinski definition) is 1. The van der Waals surface area contributed by atoms with Crippen molar-refractivity contribution in [2.24, 2.45) is 0 Å². The fraction of sp³-hybridized carbons (Fsp3) is 0.667. The molecule has 1 heterocycles. The molecule has 4 nitrogen and oxygen atoms in total. The molecule has 13 heavy (non-hydrogen) atoms. The summed E-state index contributed by atoms with van der Waals surface area (Å²) in [6.07, 6.45) is 0. The Kier molecular flexibility index (Phi) is 7.24. The third-order valence-electron chi connectivity index (χ3n) is 1.38. The Bertz CT molecular complexity index is 153. The van der Waals surface area contributed by atoms with Crippen LogP contribution >= 0.6 is 0 Å². The summed E-state index contributed by atoms with van der Waals surface area (Å²) in [6.45, 7) is 8.79. The number of carbonyl (C=O) groups is 1. The molecular formula is C9H17NO3. The SMILES string of the molecule is C1COCCN1.C=C(C)C(=O)OC. The minimum Gasteiger partial charge on any atom is -0.466 e. The van der Waals surface area contributed by atoms with Crippen molar-refractivity contribution in [3.63, 3.8) is 0 Å². The zero-order valence-electron chi connectivity index (χ0n) is 8.26. The highest BCUT2D eigenvalue weighted by molar-refractivity contribution is 5.86. The summed E-state index contributed by atoms with van der Waals surface area (Å²) in [7, 11) is 1.33. The number of nitrogens with one attached hydrogen (secondary N) is 1. The molecule has 1 saturated heterocycles. The largest absolute Gasteiger partial charge is 0.466 e. The molecule has 0 saturated carbocycles. The molecule has 76 valence electrons. The third kappa shape index (κ3) is 7.49. The number of methoxy groups -OCH3 is 1. The molecule has 0 spiro atoms. The molecule has 4 heteroatoms. The van der Waals surface area contributed by atoms with Crippen LogP contribution in [0.25, 0.3) is 0 Å². The minimum atomic E-state index is -0.347. The highest BCUT2D eigenvalue weighted by atomic mass is 16.5. The fourth-order valence-electron chi connectivity index (χ4n) is 0.690. The van der Waals surface area contributed by atoms with Gasteiger partial charge in [0, 0.05) is 18.7 Å². The lowest BCUT2D eigenvalue weighted by Crippen LogP contribution is -2.30. The lowest BCUT2D eigenvalue weighted by Gasteiger charge is -2.10. The van der Waals surface area contributed by atoms with Gasteiger partial charge in [-0.1, -0.05) is 6.58 Å². The van der Waals surface area contributed by atoms with E-state index in [1.807, 2.05) is 0 Å². The summed E-state index contributed by atoms with van der Waals surface area (Å²) in [5.74, 6) is -0.347. The molecule has 0 aromatic rings. The van der Waals surface area contributed by atoms with Crippen molar-refractivity contribution in [1.29, 1.82) is 0 Å². The van der Waals surface area contributed by atoms with Crippen LogP contribution in [-0.4, -0.2) is 39.4 Å². The molecule has 0 aromatic carbocycles. The van der Waals surface area contributed by atoms with E-state index < -0.39 is 0 Å². The van der Waals surface area contributed by atoms with E-state index >= 15 is 0 Å². The lowest BCUT2D eigenvalue weighted by atomic mass is 10.4. The van der Waals surface area contributed by atoms with Gasteiger partial charge in [-0.25, -0.2) is 4.79 Å². The van der Waals surface area contributed by atoms with Crippen molar-refractivity contribution >= 4 is 5.97 Å². The number of ether oxygens (including phenoxy) is 2. The number of esters is 1. The second-order valence-corrected chi connectivity index (χ2v) is 2.63. The van der Waals surface area contributed by atoms with Crippen LogP contribution in [-0.2, 0) is 14.3 Å². The Morgan fingerprint density at radius 2 is 2.00 bits per heavy atom. The summed E-state index contributed by atoms with van der Waals surface area (Å²) in [4.78, 5) is 10.2. The average Bonchev–Trinajstić information content (AvgIpc) is 2.20. The Morgan fingerprint density at radius 3 is 2.08 bits per heavy atom. The normalized spacial score (nSPS) is 15.2. The first-order valence-electron chi connectivity index (χ1n) is 4.20. The Labute approximate surface area is 78.9 Å². The van der Waals surface area contributed by atoms with Gasteiger partial charge in [-0.05, 0) is 6.92 Å². The van der Waals surface area contributed by atoms with Crippen molar-refractivity contribution in [2.45, 2.75) is 6.92 Å². The van der Waals surface area contributed by atoms with Crippen molar-refractivity contribution < 1.29 is 14.3 Å². The highest BCUT2D eigenvalue weighted by Gasteiger charge is 1.95. The summed E-state index contributed by atoms with van der Waals surface area (Å²) in [5, 5.41) is 3.16. The number of hydrogen-bond acceptors (Lipinski definition) is 4. The van der Waals surface area contributed by atoms with Crippen LogP contribution in [0, 0.1) is 0 Å². The monoisotopic (exact) mass is 187 g/mol. The van der Waals surface area contributed by atoms with E-state index in [9.17, 15) is 4.79 Å². The Hall–Kier alpha value is -0.870. The van der Waals surface area contributed by atoms with Gasteiger partial charge >= 0.3 is 5.97 Å². The third-order valence-corrected chi connectivity index (χ3v) is 1.38. The molecule has 1 aliphatic rings. The van der Waals surface area contributed by atoms with Crippen molar-refractivity contribution in [1.82, 2.24) is 5.32 Å². The van der Waals surface area contributed by atoms with Gasteiger partial charge in [0.2, 0.25) is 0 Å². The smallest absolute Gasteiger partial charge is 0.332 e. The Balaban J connectivity index is 0.000000223. The van der Waals surface area contributed by atoms with Crippen molar-refractivity contribution in [3.05, 3.63) is 12.2 Å². The number of morpholine rings is 1. The summed E-state index contributed by atoms with van der Waals surface area (Å²) in [5.41, 5.74) is 0.433. The second-order valence-electron chi connectivity index (χ2n) is 2.63. The molecule has 1 aliphatic heterocycles. The number of carbonyl (C=O) groups excluding carboxylic acids is 1. The van der Waals surface area contributed by atoms with E-state index in [1.54, 1.807) is 6.92 Å². The van der Waals surface area contributed by atoms with Gasteiger partial charge < -0.3 is 14.8 Å². The van der Waals surface area contributed by atoms with E-state index in [0.717, 1.165) is 26.3 Å². The first kappa shape index (κ1) is 12.1. The molecule has 0 aliphatic carbocycles. The van der Waals surface area contributed by atoms with E-state index in [4.69, 9.17) is 4.74 Å². The van der Waals surface area contributed by atoms with Gasteiger partial charge in [0.1, 0.15) is 0 Å². The summed E-state index contributed by atoms with van der Waals surface area (Å²) < 4.78 is 9.28. The fourth-order valence-corrected chi connectivity index (χ4v) is 0.690. The first-order valence-corrected chi connectivity index (χ1v) is 4.20. The van der Waals surface area contributed by atoms with E-state index in [0.29, 0.717) is 5.57 Å². The average molecular weight is 187 g/mol. The molecule has 0 unspecified atom stereocenters.